The lowest BCUT2D eigenvalue weighted by Gasteiger charge is -2.28. The molecule has 114 valence electrons. The number of nitrogens with zero attached hydrogens (tertiary/aromatic N) is 2. The first-order valence-corrected chi connectivity index (χ1v) is 7.45. The first-order valence-electron chi connectivity index (χ1n) is 7.45. The fraction of sp³-hybridized carbons (Fsp3) is 0.278. The zero-order valence-corrected chi connectivity index (χ0v) is 12.6. The van der Waals surface area contributed by atoms with Crippen molar-refractivity contribution in [3.63, 3.8) is 0 Å². The number of hydrogen-bond donors (Lipinski definition) is 0. The van der Waals surface area contributed by atoms with Gasteiger partial charge in [0, 0.05) is 25.0 Å². The summed E-state index contributed by atoms with van der Waals surface area (Å²) in [4.78, 5) is 6.71. The van der Waals surface area contributed by atoms with Gasteiger partial charge < -0.3 is 9.64 Å². The van der Waals surface area contributed by atoms with Gasteiger partial charge in [-0.2, -0.15) is 0 Å². The van der Waals surface area contributed by atoms with Gasteiger partial charge >= 0.3 is 0 Å². The lowest BCUT2D eigenvalue weighted by molar-refractivity contribution is 0.122. The monoisotopic (exact) mass is 298 g/mol. The van der Waals surface area contributed by atoms with E-state index in [1.54, 1.807) is 25.3 Å². The van der Waals surface area contributed by atoms with E-state index in [1.807, 2.05) is 12.1 Å². The molecule has 1 aliphatic rings. The highest BCUT2D eigenvalue weighted by Crippen LogP contribution is 2.18. The van der Waals surface area contributed by atoms with Gasteiger partial charge in [-0.3, -0.25) is 4.99 Å². The molecule has 0 aliphatic carbocycles. The van der Waals surface area contributed by atoms with Crippen LogP contribution in [0.25, 0.3) is 0 Å². The summed E-state index contributed by atoms with van der Waals surface area (Å²) in [6.45, 7) is 5.18. The minimum Gasteiger partial charge on any atom is -0.378 e. The summed E-state index contributed by atoms with van der Waals surface area (Å²) in [5, 5.41) is 0. The molecule has 0 amide bonds. The molecule has 0 saturated carbocycles. The molecule has 0 unspecified atom stereocenters. The van der Waals surface area contributed by atoms with Gasteiger partial charge in [-0.1, -0.05) is 12.1 Å². The first-order chi connectivity index (χ1) is 10.7. The van der Waals surface area contributed by atoms with Crippen LogP contribution in [-0.2, 0) is 4.74 Å². The largest absolute Gasteiger partial charge is 0.378 e. The molecule has 3 nitrogen and oxygen atoms in total. The lowest BCUT2D eigenvalue weighted by Crippen LogP contribution is -2.36. The Morgan fingerprint density at radius 2 is 1.82 bits per heavy atom. The van der Waals surface area contributed by atoms with Crippen LogP contribution in [0.1, 0.15) is 11.1 Å². The summed E-state index contributed by atoms with van der Waals surface area (Å²) in [7, 11) is 0. The molecule has 0 spiro atoms. The smallest absolute Gasteiger partial charge is 0.126 e. The van der Waals surface area contributed by atoms with Crippen molar-refractivity contribution in [3.05, 3.63) is 59.4 Å². The molecule has 1 fully saturated rings. The van der Waals surface area contributed by atoms with E-state index in [4.69, 9.17) is 4.74 Å². The highest BCUT2D eigenvalue weighted by molar-refractivity contribution is 5.82. The maximum Gasteiger partial charge on any atom is 0.126 e. The minimum absolute atomic E-state index is 0.200. The number of benzene rings is 2. The Morgan fingerprint density at radius 3 is 2.50 bits per heavy atom. The highest BCUT2D eigenvalue weighted by Gasteiger charge is 2.10. The molecule has 1 aliphatic heterocycles. The molecular weight excluding hydrogens is 279 g/mol. The van der Waals surface area contributed by atoms with Crippen LogP contribution >= 0.6 is 0 Å². The fourth-order valence-corrected chi connectivity index (χ4v) is 2.45. The van der Waals surface area contributed by atoms with Crippen LogP contribution in [0, 0.1) is 12.7 Å². The Labute approximate surface area is 130 Å². The molecule has 2 aromatic rings. The van der Waals surface area contributed by atoms with Gasteiger partial charge in [0.2, 0.25) is 0 Å². The van der Waals surface area contributed by atoms with E-state index in [-0.39, 0.29) is 5.82 Å². The van der Waals surface area contributed by atoms with Gasteiger partial charge in [0.1, 0.15) is 5.82 Å². The van der Waals surface area contributed by atoms with Gasteiger partial charge in [-0.25, -0.2) is 4.39 Å². The number of hydrogen-bond acceptors (Lipinski definition) is 3. The summed E-state index contributed by atoms with van der Waals surface area (Å²) in [5.41, 5.74) is 3.60. The van der Waals surface area contributed by atoms with E-state index >= 15 is 0 Å². The number of morpholine rings is 1. The first kappa shape index (κ1) is 14.7. The highest BCUT2D eigenvalue weighted by atomic mass is 19.1. The van der Waals surface area contributed by atoms with Gasteiger partial charge in [-0.15, -0.1) is 0 Å². The second-order valence-electron chi connectivity index (χ2n) is 5.38. The van der Waals surface area contributed by atoms with Gasteiger partial charge in [-0.05, 0) is 48.4 Å². The molecule has 2 aromatic carbocycles. The summed E-state index contributed by atoms with van der Waals surface area (Å²) >= 11 is 0. The van der Waals surface area contributed by atoms with Crippen molar-refractivity contribution in [2.45, 2.75) is 6.92 Å². The predicted octanol–water partition coefficient (Wildman–Crippen LogP) is 3.72. The van der Waals surface area contributed by atoms with Gasteiger partial charge in [0.25, 0.3) is 0 Å². The van der Waals surface area contributed by atoms with Crippen LogP contribution in [0.15, 0.2) is 47.5 Å². The Hall–Kier alpha value is -2.20. The third-order valence-electron chi connectivity index (χ3n) is 3.77. The van der Waals surface area contributed by atoms with Crippen LogP contribution < -0.4 is 4.90 Å². The summed E-state index contributed by atoms with van der Waals surface area (Å²) in [5.74, 6) is -0.200. The van der Waals surface area contributed by atoms with Crippen molar-refractivity contribution in [2.75, 3.05) is 31.2 Å². The normalized spacial score (nSPS) is 15.5. The van der Waals surface area contributed by atoms with Crippen LogP contribution in [0.2, 0.25) is 0 Å². The number of aliphatic imine (C=N–C) groups is 1. The van der Waals surface area contributed by atoms with Crippen LogP contribution in [0.3, 0.4) is 0 Å². The zero-order valence-electron chi connectivity index (χ0n) is 12.6. The molecule has 22 heavy (non-hydrogen) atoms. The van der Waals surface area contributed by atoms with Crippen molar-refractivity contribution in [1.82, 2.24) is 0 Å². The maximum absolute atomic E-state index is 13.2. The Kier molecular flexibility index (Phi) is 4.49. The molecular formula is C18H19FN2O. The molecule has 0 N–H and O–H groups in total. The van der Waals surface area contributed by atoms with Crippen LogP contribution in [0.4, 0.5) is 15.8 Å². The predicted molar refractivity (Wildman–Crippen MR) is 87.9 cm³/mol. The third-order valence-corrected chi connectivity index (χ3v) is 3.77. The third kappa shape index (κ3) is 3.52. The van der Waals surface area contributed by atoms with E-state index < -0.39 is 0 Å². The van der Waals surface area contributed by atoms with Crippen molar-refractivity contribution >= 4 is 17.6 Å². The van der Waals surface area contributed by atoms with Crippen molar-refractivity contribution in [3.8, 4) is 0 Å². The van der Waals surface area contributed by atoms with E-state index in [2.05, 4.69) is 22.0 Å². The number of ether oxygens (including phenoxy) is 1. The molecule has 0 radical (unpaired) electrons. The van der Waals surface area contributed by atoms with Crippen LogP contribution in [-0.4, -0.2) is 32.5 Å². The average Bonchev–Trinajstić information content (AvgIpc) is 2.57. The molecule has 1 saturated heterocycles. The molecule has 0 bridgehead atoms. The second-order valence-corrected chi connectivity index (χ2v) is 5.38. The SMILES string of the molecule is Cc1cc(N=Cc2ccc(N3CCOCC3)cc2)ccc1F. The summed E-state index contributed by atoms with van der Waals surface area (Å²) < 4.78 is 18.6. The van der Waals surface area contributed by atoms with E-state index in [0.717, 1.165) is 37.6 Å². The minimum atomic E-state index is -0.200. The fourth-order valence-electron chi connectivity index (χ4n) is 2.45. The van der Waals surface area contributed by atoms with E-state index in [0.29, 0.717) is 5.56 Å². The quantitative estimate of drug-likeness (QED) is 0.807. The number of anilines is 1. The van der Waals surface area contributed by atoms with Gasteiger partial charge in [0.05, 0.1) is 18.9 Å². The Bertz CT molecular complexity index is 661. The lowest BCUT2D eigenvalue weighted by atomic mass is 10.2. The molecule has 0 aromatic heterocycles. The van der Waals surface area contributed by atoms with E-state index in [1.165, 1.54) is 11.8 Å². The second kappa shape index (κ2) is 6.71. The average molecular weight is 298 g/mol. The van der Waals surface area contributed by atoms with Gasteiger partial charge in [0.15, 0.2) is 0 Å². The van der Waals surface area contributed by atoms with E-state index in [9.17, 15) is 4.39 Å². The maximum atomic E-state index is 13.2. The number of aryl methyl sites for hydroxylation is 1. The summed E-state index contributed by atoms with van der Waals surface area (Å²) in [6, 6.07) is 13.2. The molecule has 4 heteroatoms. The zero-order chi connectivity index (χ0) is 15.4. The molecule has 1 heterocycles. The van der Waals surface area contributed by atoms with Crippen molar-refractivity contribution < 1.29 is 9.13 Å². The summed E-state index contributed by atoms with van der Waals surface area (Å²) in [6.07, 6.45) is 1.80. The number of rotatable bonds is 3. The Balaban J connectivity index is 1.69. The topological polar surface area (TPSA) is 24.8 Å². The van der Waals surface area contributed by atoms with Crippen LogP contribution in [0.5, 0.6) is 0 Å². The number of halogens is 1. The van der Waals surface area contributed by atoms with Crippen molar-refractivity contribution in [1.29, 1.82) is 0 Å². The standard InChI is InChI=1S/C18H19FN2O/c1-14-12-16(4-7-18(14)19)20-13-15-2-5-17(6-3-15)21-8-10-22-11-9-21/h2-7,12-13H,8-11H2,1H3. The molecule has 3 rings (SSSR count). The molecule has 0 atom stereocenters. The van der Waals surface area contributed by atoms with Crippen molar-refractivity contribution in [2.24, 2.45) is 4.99 Å². The Morgan fingerprint density at radius 1 is 1.09 bits per heavy atom.